The quantitative estimate of drug-likeness (QED) is 0.661. The highest BCUT2D eigenvalue weighted by Gasteiger charge is 2.07. The highest BCUT2D eigenvalue weighted by Crippen LogP contribution is 2.14. The van der Waals surface area contributed by atoms with Crippen molar-refractivity contribution in [2.75, 3.05) is 33.5 Å². The highest BCUT2D eigenvalue weighted by atomic mass is 16.5. The molecule has 1 atom stereocenters. The van der Waals surface area contributed by atoms with Gasteiger partial charge in [0, 0.05) is 13.7 Å². The van der Waals surface area contributed by atoms with Crippen LogP contribution in [0.4, 0.5) is 0 Å². The van der Waals surface area contributed by atoms with Gasteiger partial charge in [0.25, 0.3) is 0 Å². The Hall–Kier alpha value is -0.900. The maximum absolute atomic E-state index is 5.86. The van der Waals surface area contributed by atoms with E-state index < -0.39 is 0 Å². The summed E-state index contributed by atoms with van der Waals surface area (Å²) in [6.07, 6.45) is 3.26. The van der Waals surface area contributed by atoms with Crippen LogP contribution in [-0.4, -0.2) is 33.5 Å². The van der Waals surface area contributed by atoms with Gasteiger partial charge in [-0.2, -0.15) is 0 Å². The van der Waals surface area contributed by atoms with Crippen molar-refractivity contribution in [2.45, 2.75) is 26.2 Å². The molecular formula is C16H27NO2. The van der Waals surface area contributed by atoms with Crippen molar-refractivity contribution in [1.82, 2.24) is 0 Å². The lowest BCUT2D eigenvalue weighted by Crippen LogP contribution is -2.17. The number of benzene rings is 1. The normalized spacial score (nSPS) is 12.6. The van der Waals surface area contributed by atoms with Gasteiger partial charge in [0.15, 0.2) is 0 Å². The lowest BCUT2D eigenvalue weighted by molar-refractivity contribution is 0.0673. The number of hydrogen-bond donors (Lipinski definition) is 1. The highest BCUT2D eigenvalue weighted by molar-refractivity contribution is 5.22. The molecule has 0 amide bonds. The van der Waals surface area contributed by atoms with Crippen LogP contribution >= 0.6 is 0 Å². The van der Waals surface area contributed by atoms with Crippen LogP contribution in [0.15, 0.2) is 24.3 Å². The van der Waals surface area contributed by atoms with Crippen LogP contribution < -0.4 is 5.73 Å². The monoisotopic (exact) mass is 265 g/mol. The van der Waals surface area contributed by atoms with Crippen molar-refractivity contribution in [2.24, 2.45) is 11.7 Å². The Balaban J connectivity index is 2.22. The molecule has 0 bridgehead atoms. The van der Waals surface area contributed by atoms with Gasteiger partial charge >= 0.3 is 0 Å². The number of methoxy groups -OCH3 is 1. The van der Waals surface area contributed by atoms with Crippen molar-refractivity contribution in [3.63, 3.8) is 0 Å². The Morgan fingerprint density at radius 2 is 2.05 bits per heavy atom. The first kappa shape index (κ1) is 16.2. The standard InChI is InChI=1S/C16H27NO2/c1-14-5-3-6-15(11-14)12-16(13-17)7-4-8-19-10-9-18-2/h3,5-6,11,16H,4,7-10,12-13,17H2,1-2H3. The van der Waals surface area contributed by atoms with E-state index in [-0.39, 0.29) is 0 Å². The first-order valence-corrected chi connectivity index (χ1v) is 7.08. The smallest absolute Gasteiger partial charge is 0.0700 e. The Kier molecular flexibility index (Phi) is 8.47. The van der Waals surface area contributed by atoms with E-state index in [1.54, 1.807) is 7.11 Å². The summed E-state index contributed by atoms with van der Waals surface area (Å²) in [5.74, 6) is 0.549. The van der Waals surface area contributed by atoms with E-state index in [9.17, 15) is 0 Å². The molecule has 1 aromatic carbocycles. The molecule has 0 aliphatic carbocycles. The Morgan fingerprint density at radius 1 is 1.21 bits per heavy atom. The Labute approximate surface area is 117 Å². The molecule has 0 heterocycles. The molecule has 1 aromatic rings. The van der Waals surface area contributed by atoms with Crippen molar-refractivity contribution in [1.29, 1.82) is 0 Å². The molecule has 0 saturated heterocycles. The molecule has 0 spiro atoms. The minimum atomic E-state index is 0.549. The number of hydrogen-bond acceptors (Lipinski definition) is 3. The molecule has 3 nitrogen and oxygen atoms in total. The fourth-order valence-electron chi connectivity index (χ4n) is 2.19. The molecule has 19 heavy (non-hydrogen) atoms. The fraction of sp³-hybridized carbons (Fsp3) is 0.625. The zero-order valence-electron chi connectivity index (χ0n) is 12.2. The molecule has 0 aliphatic heterocycles. The maximum atomic E-state index is 5.86. The second-order valence-corrected chi connectivity index (χ2v) is 5.04. The van der Waals surface area contributed by atoms with Gasteiger partial charge in [-0.3, -0.25) is 0 Å². The number of nitrogens with two attached hydrogens (primary N) is 1. The second kappa shape index (κ2) is 9.96. The van der Waals surface area contributed by atoms with E-state index in [1.807, 2.05) is 0 Å². The van der Waals surface area contributed by atoms with E-state index in [1.165, 1.54) is 11.1 Å². The van der Waals surface area contributed by atoms with Crippen molar-refractivity contribution in [3.8, 4) is 0 Å². The minimum Gasteiger partial charge on any atom is -0.382 e. The lowest BCUT2D eigenvalue weighted by Gasteiger charge is -2.15. The van der Waals surface area contributed by atoms with Gasteiger partial charge in [-0.15, -0.1) is 0 Å². The van der Waals surface area contributed by atoms with Crippen LogP contribution in [0.3, 0.4) is 0 Å². The van der Waals surface area contributed by atoms with Crippen LogP contribution in [0.1, 0.15) is 24.0 Å². The summed E-state index contributed by atoms with van der Waals surface area (Å²) in [7, 11) is 1.69. The van der Waals surface area contributed by atoms with E-state index in [0.717, 1.165) is 32.4 Å². The first-order valence-electron chi connectivity index (χ1n) is 7.08. The lowest BCUT2D eigenvalue weighted by atomic mass is 9.94. The predicted molar refractivity (Wildman–Crippen MR) is 79.4 cm³/mol. The molecule has 1 rings (SSSR count). The SMILES string of the molecule is COCCOCCCC(CN)Cc1cccc(C)c1. The average Bonchev–Trinajstić information content (AvgIpc) is 2.41. The molecule has 0 saturated carbocycles. The van der Waals surface area contributed by atoms with Crippen LogP contribution in [0, 0.1) is 12.8 Å². The Bertz CT molecular complexity index is 341. The van der Waals surface area contributed by atoms with Gasteiger partial charge in [-0.05, 0) is 44.2 Å². The predicted octanol–water partition coefficient (Wildman–Crippen LogP) is 2.56. The molecule has 3 heteroatoms. The Morgan fingerprint density at radius 3 is 2.74 bits per heavy atom. The number of ether oxygens (including phenoxy) is 2. The zero-order chi connectivity index (χ0) is 13.9. The van der Waals surface area contributed by atoms with Gasteiger partial charge in [0.2, 0.25) is 0 Å². The molecule has 0 aliphatic rings. The van der Waals surface area contributed by atoms with Crippen molar-refractivity contribution < 1.29 is 9.47 Å². The zero-order valence-corrected chi connectivity index (χ0v) is 12.2. The molecular weight excluding hydrogens is 238 g/mol. The molecule has 0 fully saturated rings. The topological polar surface area (TPSA) is 44.5 Å². The summed E-state index contributed by atoms with van der Waals surface area (Å²) in [4.78, 5) is 0. The van der Waals surface area contributed by atoms with Gasteiger partial charge in [-0.25, -0.2) is 0 Å². The van der Waals surface area contributed by atoms with E-state index in [2.05, 4.69) is 31.2 Å². The largest absolute Gasteiger partial charge is 0.382 e. The number of aryl methyl sites for hydroxylation is 1. The van der Waals surface area contributed by atoms with Gasteiger partial charge in [0.1, 0.15) is 0 Å². The third kappa shape index (κ3) is 7.31. The van der Waals surface area contributed by atoms with Crippen molar-refractivity contribution >= 4 is 0 Å². The van der Waals surface area contributed by atoms with E-state index in [0.29, 0.717) is 19.1 Å². The average molecular weight is 265 g/mol. The van der Waals surface area contributed by atoms with E-state index in [4.69, 9.17) is 15.2 Å². The summed E-state index contributed by atoms with van der Waals surface area (Å²) in [5, 5.41) is 0. The van der Waals surface area contributed by atoms with E-state index >= 15 is 0 Å². The fourth-order valence-corrected chi connectivity index (χ4v) is 2.19. The summed E-state index contributed by atoms with van der Waals surface area (Å²) >= 11 is 0. The van der Waals surface area contributed by atoms with Gasteiger partial charge < -0.3 is 15.2 Å². The van der Waals surface area contributed by atoms with Gasteiger partial charge in [-0.1, -0.05) is 29.8 Å². The summed E-state index contributed by atoms with van der Waals surface area (Å²) in [6, 6.07) is 8.68. The van der Waals surface area contributed by atoms with Crippen LogP contribution in [0.25, 0.3) is 0 Å². The molecule has 108 valence electrons. The molecule has 1 unspecified atom stereocenters. The summed E-state index contributed by atoms with van der Waals surface area (Å²) in [5.41, 5.74) is 8.56. The van der Waals surface area contributed by atoms with Crippen LogP contribution in [-0.2, 0) is 15.9 Å². The molecule has 0 aromatic heterocycles. The number of rotatable bonds is 10. The maximum Gasteiger partial charge on any atom is 0.0700 e. The molecule has 2 N–H and O–H groups in total. The first-order chi connectivity index (χ1) is 9.26. The molecule has 0 radical (unpaired) electrons. The van der Waals surface area contributed by atoms with Crippen LogP contribution in [0.5, 0.6) is 0 Å². The third-order valence-electron chi connectivity index (χ3n) is 3.27. The van der Waals surface area contributed by atoms with Crippen LogP contribution in [0.2, 0.25) is 0 Å². The second-order valence-electron chi connectivity index (χ2n) is 5.04. The van der Waals surface area contributed by atoms with Crippen molar-refractivity contribution in [3.05, 3.63) is 35.4 Å². The summed E-state index contributed by atoms with van der Waals surface area (Å²) < 4.78 is 10.4. The third-order valence-corrected chi connectivity index (χ3v) is 3.27. The minimum absolute atomic E-state index is 0.549. The van der Waals surface area contributed by atoms with Gasteiger partial charge in [0.05, 0.1) is 13.2 Å². The summed E-state index contributed by atoms with van der Waals surface area (Å²) in [6.45, 7) is 5.02.